The average Bonchev–Trinajstić information content (AvgIpc) is 3.09. The van der Waals surface area contributed by atoms with Crippen molar-refractivity contribution in [2.75, 3.05) is 19.6 Å². The number of halogens is 2. The average molecular weight is 428 g/mol. The first kappa shape index (κ1) is 17.9. The van der Waals surface area contributed by atoms with E-state index in [0.29, 0.717) is 23.0 Å². The Kier molecular flexibility index (Phi) is 6.33. The summed E-state index contributed by atoms with van der Waals surface area (Å²) in [7, 11) is 0. The Morgan fingerprint density at radius 3 is 2.83 bits per heavy atom. The van der Waals surface area contributed by atoms with Gasteiger partial charge in [0, 0.05) is 22.4 Å². The van der Waals surface area contributed by atoms with Crippen LogP contribution in [-0.2, 0) is 6.54 Å². The lowest BCUT2D eigenvalue weighted by atomic mass is 9.96. The molecular weight excluding hydrogens is 408 g/mol. The summed E-state index contributed by atoms with van der Waals surface area (Å²) < 4.78 is 0.860. The molecule has 24 heavy (non-hydrogen) atoms. The van der Waals surface area contributed by atoms with Gasteiger partial charge in [0.15, 0.2) is 0 Å². The number of amides is 1. The van der Waals surface area contributed by atoms with E-state index >= 15 is 0 Å². The molecule has 6 heteroatoms. The van der Waals surface area contributed by atoms with Crippen molar-refractivity contribution in [2.24, 2.45) is 5.92 Å². The lowest BCUT2D eigenvalue weighted by molar-refractivity contribution is 0.0935. The molecule has 0 bridgehead atoms. The van der Waals surface area contributed by atoms with E-state index in [-0.39, 0.29) is 5.91 Å². The fraction of sp³-hybridized carbons (Fsp3) is 0.389. The molecule has 0 radical (unpaired) electrons. The van der Waals surface area contributed by atoms with Crippen molar-refractivity contribution in [3.05, 3.63) is 55.6 Å². The zero-order valence-electron chi connectivity index (χ0n) is 13.3. The highest BCUT2D eigenvalue weighted by Crippen LogP contribution is 2.22. The van der Waals surface area contributed by atoms with Gasteiger partial charge in [-0.25, -0.2) is 0 Å². The lowest BCUT2D eigenvalue weighted by Crippen LogP contribution is -2.38. The van der Waals surface area contributed by atoms with Crippen LogP contribution in [0, 0.1) is 5.92 Å². The first-order chi connectivity index (χ1) is 11.6. The van der Waals surface area contributed by atoms with Crippen molar-refractivity contribution < 1.29 is 4.79 Å². The van der Waals surface area contributed by atoms with Crippen molar-refractivity contribution in [2.45, 2.75) is 19.4 Å². The first-order valence-corrected chi connectivity index (χ1v) is 10.1. The minimum Gasteiger partial charge on any atom is -0.352 e. The highest BCUT2D eigenvalue weighted by Gasteiger charge is 2.20. The summed E-state index contributed by atoms with van der Waals surface area (Å²) in [6, 6.07) is 9.64. The van der Waals surface area contributed by atoms with E-state index in [1.165, 1.54) is 4.88 Å². The highest BCUT2D eigenvalue weighted by atomic mass is 79.9. The molecular formula is C18H20BrClN2OS. The second-order valence-electron chi connectivity index (χ2n) is 6.13. The van der Waals surface area contributed by atoms with Crippen molar-refractivity contribution in [1.82, 2.24) is 10.2 Å². The van der Waals surface area contributed by atoms with Gasteiger partial charge in [-0.3, -0.25) is 9.69 Å². The monoisotopic (exact) mass is 426 g/mol. The van der Waals surface area contributed by atoms with E-state index in [1.54, 1.807) is 12.1 Å². The van der Waals surface area contributed by atoms with E-state index < -0.39 is 0 Å². The Morgan fingerprint density at radius 2 is 2.12 bits per heavy atom. The molecule has 1 fully saturated rings. The second kappa shape index (κ2) is 8.48. The quantitative estimate of drug-likeness (QED) is 0.743. The number of carbonyl (C=O) groups is 1. The predicted molar refractivity (Wildman–Crippen MR) is 104 cm³/mol. The van der Waals surface area contributed by atoms with E-state index in [1.807, 2.05) is 17.4 Å². The van der Waals surface area contributed by atoms with Crippen LogP contribution in [0.3, 0.4) is 0 Å². The molecule has 2 heterocycles. The summed E-state index contributed by atoms with van der Waals surface area (Å²) >= 11 is 11.3. The first-order valence-electron chi connectivity index (χ1n) is 8.10. The number of benzene rings is 1. The van der Waals surface area contributed by atoms with Crippen LogP contribution in [0.25, 0.3) is 0 Å². The van der Waals surface area contributed by atoms with Crippen LogP contribution in [0.1, 0.15) is 28.1 Å². The van der Waals surface area contributed by atoms with E-state index in [0.717, 1.165) is 36.9 Å². The SMILES string of the molecule is O=C(NCC1CCN(Cc2cccs2)CC1)c1cc(Br)ccc1Cl. The largest absolute Gasteiger partial charge is 0.352 e. The molecule has 0 aliphatic carbocycles. The van der Waals surface area contributed by atoms with Crippen LogP contribution in [-0.4, -0.2) is 30.4 Å². The molecule has 0 spiro atoms. The summed E-state index contributed by atoms with van der Waals surface area (Å²) in [5.74, 6) is 0.446. The number of rotatable bonds is 5. The minimum atomic E-state index is -0.0951. The smallest absolute Gasteiger partial charge is 0.252 e. The fourth-order valence-corrected chi connectivity index (χ4v) is 4.29. The van der Waals surface area contributed by atoms with Crippen LogP contribution < -0.4 is 5.32 Å². The summed E-state index contributed by atoms with van der Waals surface area (Å²) in [4.78, 5) is 16.2. The van der Waals surface area contributed by atoms with Crippen molar-refractivity contribution in [1.29, 1.82) is 0 Å². The third kappa shape index (κ3) is 4.82. The third-order valence-corrected chi connectivity index (χ3v) is 6.08. The Hall–Kier alpha value is -0.880. The molecule has 1 N–H and O–H groups in total. The highest BCUT2D eigenvalue weighted by molar-refractivity contribution is 9.10. The summed E-state index contributed by atoms with van der Waals surface area (Å²) in [5, 5.41) is 5.65. The van der Waals surface area contributed by atoms with Gasteiger partial charge in [0.25, 0.3) is 5.91 Å². The molecule has 3 rings (SSSR count). The zero-order chi connectivity index (χ0) is 16.9. The van der Waals surface area contributed by atoms with Gasteiger partial charge >= 0.3 is 0 Å². The standard InChI is InChI=1S/C18H20BrClN2OS/c19-14-3-4-17(20)16(10-14)18(23)21-11-13-5-7-22(8-6-13)12-15-2-1-9-24-15/h1-4,9-10,13H,5-8,11-12H2,(H,21,23). The van der Waals surface area contributed by atoms with Crippen LogP contribution >= 0.6 is 38.9 Å². The fourth-order valence-electron chi connectivity index (χ4n) is 2.98. The van der Waals surface area contributed by atoms with Crippen LogP contribution in [0.15, 0.2) is 40.2 Å². The second-order valence-corrected chi connectivity index (χ2v) is 8.49. The molecule has 0 saturated carbocycles. The lowest BCUT2D eigenvalue weighted by Gasteiger charge is -2.31. The number of hydrogen-bond donors (Lipinski definition) is 1. The number of nitrogens with zero attached hydrogens (tertiary/aromatic N) is 1. The Morgan fingerprint density at radius 1 is 1.33 bits per heavy atom. The predicted octanol–water partition coefficient (Wildman–Crippen LogP) is 4.81. The Balaban J connectivity index is 1.44. The molecule has 2 aromatic rings. The van der Waals surface area contributed by atoms with Gasteiger partial charge in [-0.2, -0.15) is 0 Å². The summed E-state index contributed by atoms with van der Waals surface area (Å²) in [6.45, 7) is 3.95. The maximum atomic E-state index is 12.3. The van der Waals surface area contributed by atoms with Gasteiger partial charge in [0.05, 0.1) is 10.6 Å². The van der Waals surface area contributed by atoms with E-state index in [4.69, 9.17) is 11.6 Å². The molecule has 1 aliphatic rings. The number of carbonyl (C=O) groups excluding carboxylic acids is 1. The maximum absolute atomic E-state index is 12.3. The van der Waals surface area contributed by atoms with Crippen LogP contribution in [0.2, 0.25) is 5.02 Å². The maximum Gasteiger partial charge on any atom is 0.252 e. The molecule has 128 valence electrons. The summed E-state index contributed by atoms with van der Waals surface area (Å²) in [5.41, 5.74) is 0.529. The molecule has 1 aliphatic heterocycles. The molecule has 1 saturated heterocycles. The van der Waals surface area contributed by atoms with Gasteiger partial charge in [-0.05, 0) is 61.5 Å². The van der Waals surface area contributed by atoms with Crippen LogP contribution in [0.5, 0.6) is 0 Å². The minimum absolute atomic E-state index is 0.0951. The topological polar surface area (TPSA) is 32.3 Å². The van der Waals surface area contributed by atoms with Gasteiger partial charge < -0.3 is 5.32 Å². The normalized spacial score (nSPS) is 16.2. The molecule has 3 nitrogen and oxygen atoms in total. The molecule has 1 aromatic heterocycles. The number of likely N-dealkylation sites (tertiary alicyclic amines) is 1. The zero-order valence-corrected chi connectivity index (χ0v) is 16.5. The Bertz CT molecular complexity index is 684. The number of hydrogen-bond acceptors (Lipinski definition) is 3. The van der Waals surface area contributed by atoms with Gasteiger partial charge in [0.2, 0.25) is 0 Å². The van der Waals surface area contributed by atoms with Gasteiger partial charge in [0.1, 0.15) is 0 Å². The number of piperidine rings is 1. The van der Waals surface area contributed by atoms with Crippen molar-refractivity contribution in [3.63, 3.8) is 0 Å². The molecule has 1 amide bonds. The van der Waals surface area contributed by atoms with E-state index in [2.05, 4.69) is 43.7 Å². The summed E-state index contributed by atoms with van der Waals surface area (Å²) in [6.07, 6.45) is 2.25. The third-order valence-electron chi connectivity index (χ3n) is 4.39. The number of thiophene rings is 1. The number of nitrogens with one attached hydrogen (secondary N) is 1. The van der Waals surface area contributed by atoms with E-state index in [9.17, 15) is 4.79 Å². The molecule has 0 atom stereocenters. The van der Waals surface area contributed by atoms with Gasteiger partial charge in [-0.15, -0.1) is 11.3 Å². The van der Waals surface area contributed by atoms with Gasteiger partial charge in [-0.1, -0.05) is 33.6 Å². The van der Waals surface area contributed by atoms with Crippen LogP contribution in [0.4, 0.5) is 0 Å². The molecule has 1 aromatic carbocycles. The molecule has 0 unspecified atom stereocenters. The van der Waals surface area contributed by atoms with Crippen molar-refractivity contribution in [3.8, 4) is 0 Å². The van der Waals surface area contributed by atoms with Crippen molar-refractivity contribution >= 4 is 44.8 Å². The Labute approximate surface area is 160 Å².